The smallest absolute Gasteiger partial charge is 0.409 e. The summed E-state index contributed by atoms with van der Waals surface area (Å²) in [5, 5.41) is 3.30. The number of nitrogens with one attached hydrogen (secondary N) is 1. The van der Waals surface area contributed by atoms with Gasteiger partial charge in [-0.15, -0.1) is 0 Å². The number of methoxy groups -OCH3 is 1. The minimum atomic E-state index is -0.246. The highest BCUT2D eigenvalue weighted by molar-refractivity contribution is 5.67. The standard InChI is InChI=1S/C13H21N5O3/c1-3-21-13(19)18-6-4-9(5-7-18)15-10-8-11(20-2)17-12(14)16-10/h8-9H,3-7H2,1-2H3,(H3,14,15,16,17). The van der Waals surface area contributed by atoms with Crippen molar-refractivity contribution in [2.75, 3.05) is 37.9 Å². The largest absolute Gasteiger partial charge is 0.481 e. The van der Waals surface area contributed by atoms with Crippen LogP contribution in [0, 0.1) is 0 Å². The van der Waals surface area contributed by atoms with Crippen LogP contribution in [-0.2, 0) is 4.74 Å². The van der Waals surface area contributed by atoms with Crippen LogP contribution >= 0.6 is 0 Å². The topological polar surface area (TPSA) is 103 Å². The van der Waals surface area contributed by atoms with Gasteiger partial charge in [0.2, 0.25) is 11.8 Å². The second-order valence-corrected chi connectivity index (χ2v) is 4.76. The molecule has 0 aliphatic carbocycles. The van der Waals surface area contributed by atoms with Crippen molar-refractivity contribution >= 4 is 17.9 Å². The van der Waals surface area contributed by atoms with Gasteiger partial charge in [0.1, 0.15) is 5.82 Å². The Kier molecular flexibility index (Phi) is 5.02. The summed E-state index contributed by atoms with van der Waals surface area (Å²) < 4.78 is 10.1. The highest BCUT2D eigenvalue weighted by atomic mass is 16.6. The monoisotopic (exact) mass is 295 g/mol. The second-order valence-electron chi connectivity index (χ2n) is 4.76. The lowest BCUT2D eigenvalue weighted by Gasteiger charge is -2.31. The van der Waals surface area contributed by atoms with Crippen LogP contribution in [0.2, 0.25) is 0 Å². The Morgan fingerprint density at radius 2 is 2.19 bits per heavy atom. The van der Waals surface area contributed by atoms with Crippen molar-refractivity contribution in [3.8, 4) is 5.88 Å². The molecule has 0 bridgehead atoms. The Balaban J connectivity index is 1.89. The molecule has 8 heteroatoms. The number of nitrogens with two attached hydrogens (primary N) is 1. The first-order valence-corrected chi connectivity index (χ1v) is 6.99. The molecule has 0 spiro atoms. The maximum absolute atomic E-state index is 11.6. The number of rotatable bonds is 4. The fourth-order valence-electron chi connectivity index (χ4n) is 2.25. The number of anilines is 2. The van der Waals surface area contributed by atoms with E-state index in [9.17, 15) is 4.79 Å². The van der Waals surface area contributed by atoms with Crippen LogP contribution in [0.5, 0.6) is 5.88 Å². The van der Waals surface area contributed by atoms with Gasteiger partial charge in [0, 0.05) is 25.2 Å². The summed E-state index contributed by atoms with van der Waals surface area (Å²) in [6.07, 6.45) is 1.40. The Bertz CT molecular complexity index is 489. The molecule has 1 fully saturated rings. The molecule has 0 aromatic carbocycles. The number of amides is 1. The molecule has 0 radical (unpaired) electrons. The van der Waals surface area contributed by atoms with Gasteiger partial charge in [-0.05, 0) is 19.8 Å². The lowest BCUT2D eigenvalue weighted by molar-refractivity contribution is 0.0983. The summed E-state index contributed by atoms with van der Waals surface area (Å²) in [4.78, 5) is 21.4. The van der Waals surface area contributed by atoms with Crippen LogP contribution in [0.25, 0.3) is 0 Å². The van der Waals surface area contributed by atoms with Crippen molar-refractivity contribution in [2.45, 2.75) is 25.8 Å². The van der Waals surface area contributed by atoms with E-state index >= 15 is 0 Å². The number of ether oxygens (including phenoxy) is 2. The number of hydrogen-bond acceptors (Lipinski definition) is 7. The third kappa shape index (κ3) is 4.11. The van der Waals surface area contributed by atoms with E-state index in [0.717, 1.165) is 12.8 Å². The number of carbonyl (C=O) groups excluding carboxylic acids is 1. The fourth-order valence-corrected chi connectivity index (χ4v) is 2.25. The van der Waals surface area contributed by atoms with E-state index in [4.69, 9.17) is 15.2 Å². The van der Waals surface area contributed by atoms with E-state index in [1.807, 2.05) is 0 Å². The average Bonchev–Trinajstić information content (AvgIpc) is 2.47. The Morgan fingerprint density at radius 3 is 2.81 bits per heavy atom. The zero-order valence-corrected chi connectivity index (χ0v) is 12.3. The minimum absolute atomic E-state index is 0.167. The van der Waals surface area contributed by atoms with Crippen LogP contribution in [-0.4, -0.2) is 53.8 Å². The first-order chi connectivity index (χ1) is 10.1. The van der Waals surface area contributed by atoms with Gasteiger partial charge in [0.05, 0.1) is 13.7 Å². The molecule has 1 aliphatic heterocycles. The van der Waals surface area contributed by atoms with E-state index < -0.39 is 0 Å². The van der Waals surface area contributed by atoms with Gasteiger partial charge in [-0.3, -0.25) is 0 Å². The van der Waals surface area contributed by atoms with Crippen molar-refractivity contribution < 1.29 is 14.3 Å². The molecule has 0 saturated carbocycles. The van der Waals surface area contributed by atoms with Crippen molar-refractivity contribution in [3.05, 3.63) is 6.07 Å². The third-order valence-electron chi connectivity index (χ3n) is 3.30. The molecule has 8 nitrogen and oxygen atoms in total. The van der Waals surface area contributed by atoms with Crippen LogP contribution in [0.4, 0.5) is 16.6 Å². The minimum Gasteiger partial charge on any atom is -0.481 e. The summed E-state index contributed by atoms with van der Waals surface area (Å²) in [5.41, 5.74) is 5.62. The summed E-state index contributed by atoms with van der Waals surface area (Å²) in [7, 11) is 1.53. The maximum atomic E-state index is 11.6. The molecule has 0 atom stereocenters. The van der Waals surface area contributed by atoms with Crippen LogP contribution in [0.15, 0.2) is 6.07 Å². The van der Waals surface area contributed by atoms with Gasteiger partial charge in [0.25, 0.3) is 0 Å². The maximum Gasteiger partial charge on any atom is 0.409 e. The Labute approximate surface area is 123 Å². The molecule has 116 valence electrons. The molecule has 2 rings (SSSR count). The van der Waals surface area contributed by atoms with Gasteiger partial charge >= 0.3 is 6.09 Å². The van der Waals surface area contributed by atoms with Crippen LogP contribution < -0.4 is 15.8 Å². The second kappa shape index (κ2) is 6.96. The Hall–Kier alpha value is -2.25. The molecule has 1 amide bonds. The lowest BCUT2D eigenvalue weighted by atomic mass is 10.1. The van der Waals surface area contributed by atoms with E-state index in [0.29, 0.717) is 31.4 Å². The van der Waals surface area contributed by atoms with Gasteiger partial charge in [-0.1, -0.05) is 0 Å². The fraction of sp³-hybridized carbons (Fsp3) is 0.615. The van der Waals surface area contributed by atoms with Gasteiger partial charge < -0.3 is 25.4 Å². The molecule has 3 N–H and O–H groups in total. The zero-order valence-electron chi connectivity index (χ0n) is 12.3. The van der Waals surface area contributed by atoms with E-state index in [-0.39, 0.29) is 18.1 Å². The SMILES string of the molecule is CCOC(=O)N1CCC(Nc2cc(OC)nc(N)n2)CC1. The molecule has 2 heterocycles. The quantitative estimate of drug-likeness (QED) is 0.857. The predicted molar refractivity (Wildman–Crippen MR) is 78.2 cm³/mol. The van der Waals surface area contributed by atoms with Crippen molar-refractivity contribution in [2.24, 2.45) is 0 Å². The molecule has 1 aromatic rings. The normalized spacial score (nSPS) is 15.6. The van der Waals surface area contributed by atoms with Gasteiger partial charge in [-0.25, -0.2) is 4.79 Å². The first-order valence-electron chi connectivity index (χ1n) is 6.99. The van der Waals surface area contributed by atoms with Crippen molar-refractivity contribution in [1.82, 2.24) is 14.9 Å². The number of hydrogen-bond donors (Lipinski definition) is 2. The molecule has 21 heavy (non-hydrogen) atoms. The third-order valence-corrected chi connectivity index (χ3v) is 3.30. The summed E-state index contributed by atoms with van der Waals surface area (Å²) >= 11 is 0. The van der Waals surface area contributed by atoms with Crippen molar-refractivity contribution in [3.63, 3.8) is 0 Å². The molecule has 1 saturated heterocycles. The molecule has 1 aliphatic rings. The number of likely N-dealkylation sites (tertiary alicyclic amines) is 1. The number of nitrogens with zero attached hydrogens (tertiary/aromatic N) is 3. The van der Waals surface area contributed by atoms with E-state index in [1.54, 1.807) is 17.9 Å². The Morgan fingerprint density at radius 1 is 1.48 bits per heavy atom. The molecule has 0 unspecified atom stereocenters. The van der Waals surface area contributed by atoms with E-state index in [2.05, 4.69) is 15.3 Å². The number of piperidine rings is 1. The van der Waals surface area contributed by atoms with Crippen molar-refractivity contribution in [1.29, 1.82) is 0 Å². The molecule has 1 aromatic heterocycles. The predicted octanol–water partition coefficient (Wildman–Crippen LogP) is 1.10. The molecular formula is C13H21N5O3. The van der Waals surface area contributed by atoms with Gasteiger partial charge in [0.15, 0.2) is 0 Å². The number of nitrogen functional groups attached to an aromatic ring is 1. The number of aromatic nitrogens is 2. The van der Waals surface area contributed by atoms with Crippen LogP contribution in [0.3, 0.4) is 0 Å². The highest BCUT2D eigenvalue weighted by Crippen LogP contribution is 2.19. The summed E-state index contributed by atoms with van der Waals surface area (Å²) in [6, 6.07) is 1.93. The van der Waals surface area contributed by atoms with E-state index in [1.165, 1.54) is 7.11 Å². The summed E-state index contributed by atoms with van der Waals surface area (Å²) in [6.45, 7) is 3.53. The van der Waals surface area contributed by atoms with Gasteiger partial charge in [-0.2, -0.15) is 9.97 Å². The highest BCUT2D eigenvalue weighted by Gasteiger charge is 2.23. The van der Waals surface area contributed by atoms with Crippen LogP contribution in [0.1, 0.15) is 19.8 Å². The average molecular weight is 295 g/mol. The first kappa shape index (κ1) is 15.1. The number of carbonyl (C=O) groups is 1. The zero-order chi connectivity index (χ0) is 15.2. The lowest BCUT2D eigenvalue weighted by Crippen LogP contribution is -2.42. The molecular weight excluding hydrogens is 274 g/mol. The summed E-state index contributed by atoms with van der Waals surface area (Å²) in [5.74, 6) is 1.23.